The van der Waals surface area contributed by atoms with Gasteiger partial charge in [0.1, 0.15) is 11.4 Å². The summed E-state index contributed by atoms with van der Waals surface area (Å²) in [6.07, 6.45) is 0. The Hall–Kier alpha value is -3.08. The first-order valence-corrected chi connectivity index (χ1v) is 8.14. The smallest absolute Gasteiger partial charge is 0.257 e. The first kappa shape index (κ1) is 16.8. The molecule has 3 aromatic rings. The zero-order chi connectivity index (χ0) is 18.0. The maximum absolute atomic E-state index is 12.8. The number of aromatic nitrogens is 1. The van der Waals surface area contributed by atoms with E-state index in [-0.39, 0.29) is 5.91 Å². The van der Waals surface area contributed by atoms with Gasteiger partial charge in [-0.2, -0.15) is 0 Å². The van der Waals surface area contributed by atoms with Crippen LogP contribution in [-0.4, -0.2) is 11.1 Å². The van der Waals surface area contributed by atoms with Crippen LogP contribution in [0.1, 0.15) is 32.9 Å². The fraction of sp³-hybridized carbons (Fsp3) is 0.200. The Morgan fingerprint density at radius 1 is 0.960 bits per heavy atom. The molecule has 0 aliphatic heterocycles. The molecule has 0 bridgehead atoms. The van der Waals surface area contributed by atoms with Crippen LogP contribution in [0, 0.1) is 27.7 Å². The summed E-state index contributed by atoms with van der Waals surface area (Å²) in [4.78, 5) is 12.8. The number of hydrogen-bond donors (Lipinski definition) is 2. The number of carbonyl (C=O) groups excluding carboxylic acids is 1. The molecule has 0 saturated carbocycles. The molecule has 0 aliphatic rings. The van der Waals surface area contributed by atoms with E-state index in [1.54, 1.807) is 19.9 Å². The Morgan fingerprint density at radius 2 is 1.68 bits per heavy atom. The molecule has 0 radical (unpaired) electrons. The maximum Gasteiger partial charge on any atom is 0.257 e. The van der Waals surface area contributed by atoms with E-state index in [0.717, 1.165) is 16.9 Å². The average molecular weight is 335 g/mol. The number of hydrogen-bond acceptors (Lipinski definition) is 4. The Balaban J connectivity index is 1.91. The number of amides is 1. The summed E-state index contributed by atoms with van der Waals surface area (Å²) in [7, 11) is 0. The Labute approximate surface area is 147 Å². The van der Waals surface area contributed by atoms with Crippen LogP contribution in [0.15, 0.2) is 47.0 Å². The van der Waals surface area contributed by atoms with Gasteiger partial charge >= 0.3 is 0 Å². The zero-order valence-corrected chi connectivity index (χ0v) is 14.8. The molecule has 0 atom stereocenters. The molecule has 1 amide bonds. The third kappa shape index (κ3) is 3.40. The highest BCUT2D eigenvalue weighted by atomic mass is 16.5. The monoisotopic (exact) mass is 335 g/mol. The van der Waals surface area contributed by atoms with Gasteiger partial charge in [-0.1, -0.05) is 29.4 Å². The van der Waals surface area contributed by atoms with Crippen molar-refractivity contribution >= 4 is 23.0 Å². The van der Waals surface area contributed by atoms with Crippen molar-refractivity contribution in [1.82, 2.24) is 5.16 Å². The molecule has 1 aromatic heterocycles. The number of para-hydroxylation sites is 1. The van der Waals surface area contributed by atoms with Crippen LogP contribution in [-0.2, 0) is 0 Å². The molecule has 128 valence electrons. The number of nitrogens with one attached hydrogen (secondary N) is 2. The predicted octanol–water partition coefficient (Wildman–Crippen LogP) is 4.90. The molecule has 0 unspecified atom stereocenters. The lowest BCUT2D eigenvalue weighted by Gasteiger charge is -2.15. The van der Waals surface area contributed by atoms with Crippen LogP contribution < -0.4 is 10.6 Å². The summed E-state index contributed by atoms with van der Waals surface area (Å²) < 4.78 is 5.11. The molecule has 25 heavy (non-hydrogen) atoms. The van der Waals surface area contributed by atoms with Gasteiger partial charge in [0, 0.05) is 5.69 Å². The van der Waals surface area contributed by atoms with Crippen LogP contribution in [0.25, 0.3) is 0 Å². The second-order valence-corrected chi connectivity index (χ2v) is 6.07. The first-order valence-electron chi connectivity index (χ1n) is 8.14. The lowest BCUT2D eigenvalue weighted by Crippen LogP contribution is -2.15. The molecule has 2 aromatic carbocycles. The topological polar surface area (TPSA) is 67.2 Å². The normalized spacial score (nSPS) is 10.6. The molecule has 5 nitrogen and oxygen atoms in total. The van der Waals surface area contributed by atoms with Crippen LogP contribution in [0.3, 0.4) is 0 Å². The van der Waals surface area contributed by atoms with E-state index >= 15 is 0 Å². The van der Waals surface area contributed by atoms with Crippen molar-refractivity contribution in [3.05, 3.63) is 70.6 Å². The van der Waals surface area contributed by atoms with E-state index in [0.29, 0.717) is 22.7 Å². The predicted molar refractivity (Wildman–Crippen MR) is 99.6 cm³/mol. The van der Waals surface area contributed by atoms with Gasteiger partial charge in [0.05, 0.1) is 11.3 Å². The van der Waals surface area contributed by atoms with E-state index in [2.05, 4.69) is 35.7 Å². The molecular formula is C20H21N3O2. The minimum absolute atomic E-state index is 0.206. The number of rotatable bonds is 4. The number of anilines is 3. The molecule has 0 fully saturated rings. The highest BCUT2D eigenvalue weighted by Crippen LogP contribution is 2.27. The van der Waals surface area contributed by atoms with E-state index in [1.165, 1.54) is 5.56 Å². The summed E-state index contributed by atoms with van der Waals surface area (Å²) in [6, 6.07) is 13.5. The third-order valence-electron chi connectivity index (χ3n) is 4.32. The van der Waals surface area contributed by atoms with Gasteiger partial charge in [0.2, 0.25) is 0 Å². The number of benzene rings is 2. The quantitative estimate of drug-likeness (QED) is 0.711. The Bertz CT molecular complexity index is 909. The fourth-order valence-electron chi connectivity index (χ4n) is 2.66. The van der Waals surface area contributed by atoms with Crippen molar-refractivity contribution in [2.24, 2.45) is 0 Å². The molecule has 0 spiro atoms. The third-order valence-corrected chi connectivity index (χ3v) is 4.32. The molecule has 3 rings (SSSR count). The Morgan fingerprint density at radius 3 is 2.40 bits per heavy atom. The number of carbonyl (C=O) groups is 1. The zero-order valence-electron chi connectivity index (χ0n) is 14.8. The number of nitrogens with zero attached hydrogens (tertiary/aromatic N) is 1. The van der Waals surface area contributed by atoms with Crippen LogP contribution >= 0.6 is 0 Å². The highest BCUT2D eigenvalue weighted by Gasteiger charge is 2.16. The van der Waals surface area contributed by atoms with E-state index in [9.17, 15) is 4.79 Å². The second kappa shape index (κ2) is 6.81. The van der Waals surface area contributed by atoms with E-state index in [4.69, 9.17) is 4.52 Å². The van der Waals surface area contributed by atoms with Gasteiger partial charge < -0.3 is 15.2 Å². The Kier molecular flexibility index (Phi) is 4.57. The lowest BCUT2D eigenvalue weighted by atomic mass is 10.1. The molecule has 1 heterocycles. The van der Waals surface area contributed by atoms with Gasteiger partial charge in [-0.05, 0) is 57.0 Å². The maximum atomic E-state index is 12.8. The van der Waals surface area contributed by atoms with Gasteiger partial charge in [-0.25, -0.2) is 0 Å². The van der Waals surface area contributed by atoms with Crippen molar-refractivity contribution in [2.45, 2.75) is 27.7 Å². The molecule has 5 heteroatoms. The molecular weight excluding hydrogens is 314 g/mol. The summed E-state index contributed by atoms with van der Waals surface area (Å²) >= 11 is 0. The van der Waals surface area contributed by atoms with Crippen LogP contribution in [0.5, 0.6) is 0 Å². The van der Waals surface area contributed by atoms with Gasteiger partial charge in [-0.15, -0.1) is 0 Å². The fourth-order valence-corrected chi connectivity index (χ4v) is 2.66. The SMILES string of the molecule is Cc1cccc(Nc2ccccc2C(=O)Nc2c(C)noc2C)c1C. The van der Waals surface area contributed by atoms with E-state index in [1.807, 2.05) is 30.3 Å². The second-order valence-electron chi connectivity index (χ2n) is 6.07. The van der Waals surface area contributed by atoms with E-state index < -0.39 is 0 Å². The summed E-state index contributed by atoms with van der Waals surface area (Å²) in [6.45, 7) is 7.70. The minimum Gasteiger partial charge on any atom is -0.359 e. The van der Waals surface area contributed by atoms with Crippen LogP contribution in [0.4, 0.5) is 17.1 Å². The summed E-state index contributed by atoms with van der Waals surface area (Å²) in [5.74, 6) is 0.383. The lowest BCUT2D eigenvalue weighted by molar-refractivity contribution is 0.102. The van der Waals surface area contributed by atoms with Gasteiger partial charge in [0.25, 0.3) is 5.91 Å². The van der Waals surface area contributed by atoms with Gasteiger partial charge in [-0.3, -0.25) is 4.79 Å². The van der Waals surface area contributed by atoms with Crippen LogP contribution in [0.2, 0.25) is 0 Å². The highest BCUT2D eigenvalue weighted by molar-refractivity contribution is 6.08. The standard InChI is InChI=1S/C20H21N3O2/c1-12-8-7-11-17(13(12)2)21-18-10-6-5-9-16(18)20(24)22-19-14(3)23-25-15(19)4/h5-11,21H,1-4H3,(H,22,24). The minimum atomic E-state index is -0.206. The average Bonchev–Trinajstić information content (AvgIpc) is 2.91. The molecule has 0 saturated heterocycles. The van der Waals surface area contributed by atoms with Crippen molar-refractivity contribution in [3.8, 4) is 0 Å². The van der Waals surface area contributed by atoms with Gasteiger partial charge in [0.15, 0.2) is 5.76 Å². The largest absolute Gasteiger partial charge is 0.359 e. The first-order chi connectivity index (χ1) is 12.0. The van der Waals surface area contributed by atoms with Crippen molar-refractivity contribution in [1.29, 1.82) is 0 Å². The van der Waals surface area contributed by atoms with Crippen molar-refractivity contribution < 1.29 is 9.32 Å². The van der Waals surface area contributed by atoms with Crippen molar-refractivity contribution in [3.63, 3.8) is 0 Å². The molecule has 2 N–H and O–H groups in total. The van der Waals surface area contributed by atoms with Crippen molar-refractivity contribution in [2.75, 3.05) is 10.6 Å². The summed E-state index contributed by atoms with van der Waals surface area (Å²) in [5, 5.41) is 10.1. The molecule has 0 aliphatic carbocycles. The summed E-state index contributed by atoms with van der Waals surface area (Å²) in [5.41, 5.74) is 5.92. The number of aryl methyl sites for hydroxylation is 3.